The molecular formula is C14H20O4. The number of hydrogen-bond acceptors (Lipinski definition) is 4. The van der Waals surface area contributed by atoms with Crippen molar-refractivity contribution >= 4 is 5.97 Å². The second-order valence-corrected chi connectivity index (χ2v) is 6.28. The van der Waals surface area contributed by atoms with Crippen LogP contribution in [0, 0.1) is 11.8 Å². The smallest absolute Gasteiger partial charge is 0.308 e. The third-order valence-electron chi connectivity index (χ3n) is 5.00. The fourth-order valence-corrected chi connectivity index (χ4v) is 3.70. The topological polar surface area (TPSA) is 51.4 Å². The second-order valence-electron chi connectivity index (χ2n) is 6.28. The second kappa shape index (κ2) is 3.70. The highest BCUT2D eigenvalue weighted by Gasteiger charge is 2.91. The molecule has 4 fully saturated rings. The molecule has 2 saturated heterocycles. The summed E-state index contributed by atoms with van der Waals surface area (Å²) in [6.07, 6.45) is 8.59. The lowest BCUT2D eigenvalue weighted by Crippen LogP contribution is -2.25. The monoisotopic (exact) mass is 252 g/mol. The molecule has 100 valence electrons. The molecule has 4 heteroatoms. The maximum Gasteiger partial charge on any atom is 0.308 e. The third-order valence-corrected chi connectivity index (χ3v) is 5.00. The van der Waals surface area contributed by atoms with Crippen molar-refractivity contribution in [1.29, 1.82) is 0 Å². The van der Waals surface area contributed by atoms with Crippen molar-refractivity contribution < 1.29 is 19.0 Å². The first-order chi connectivity index (χ1) is 8.73. The first-order valence-corrected chi connectivity index (χ1v) is 7.30. The van der Waals surface area contributed by atoms with Crippen LogP contribution in [0.4, 0.5) is 0 Å². The summed E-state index contributed by atoms with van der Waals surface area (Å²) < 4.78 is 16.6. The van der Waals surface area contributed by atoms with Crippen molar-refractivity contribution in [3.05, 3.63) is 0 Å². The van der Waals surface area contributed by atoms with E-state index < -0.39 is 0 Å². The van der Waals surface area contributed by atoms with Crippen molar-refractivity contribution in [2.45, 2.75) is 62.9 Å². The Kier molecular flexibility index (Phi) is 2.31. The number of carbonyl (C=O) groups excluding carboxylic acids is 1. The van der Waals surface area contributed by atoms with E-state index >= 15 is 0 Å². The molecule has 1 unspecified atom stereocenters. The molecule has 18 heavy (non-hydrogen) atoms. The maximum atomic E-state index is 11.9. The average Bonchev–Trinajstić information content (AvgIpc) is 3.22. The molecule has 0 bridgehead atoms. The van der Waals surface area contributed by atoms with E-state index in [1.54, 1.807) is 0 Å². The SMILES string of the molecule is O=C(OCC1CCC23OC2(C1)O3)C1CCCCC1. The number of hydrogen-bond donors (Lipinski definition) is 0. The lowest BCUT2D eigenvalue weighted by molar-refractivity contribution is -0.151. The minimum atomic E-state index is -0.243. The molecule has 0 aromatic carbocycles. The van der Waals surface area contributed by atoms with Gasteiger partial charge in [-0.25, -0.2) is 0 Å². The molecule has 0 spiro atoms. The number of carbonyl (C=O) groups is 1. The van der Waals surface area contributed by atoms with E-state index in [4.69, 9.17) is 14.2 Å². The van der Waals surface area contributed by atoms with Gasteiger partial charge in [0, 0.05) is 12.8 Å². The molecule has 0 radical (unpaired) electrons. The van der Waals surface area contributed by atoms with Crippen LogP contribution in [-0.2, 0) is 19.0 Å². The molecule has 0 N–H and O–H groups in total. The summed E-state index contributed by atoms with van der Waals surface area (Å²) in [6.45, 7) is 0.555. The van der Waals surface area contributed by atoms with Gasteiger partial charge in [-0.3, -0.25) is 4.79 Å². The number of rotatable bonds is 3. The van der Waals surface area contributed by atoms with Crippen LogP contribution in [0.3, 0.4) is 0 Å². The maximum absolute atomic E-state index is 11.9. The summed E-state index contributed by atoms with van der Waals surface area (Å²) in [7, 11) is 0. The quantitative estimate of drug-likeness (QED) is 0.571. The molecule has 2 aliphatic carbocycles. The molecule has 4 nitrogen and oxygen atoms in total. The van der Waals surface area contributed by atoms with E-state index in [1.165, 1.54) is 19.3 Å². The van der Waals surface area contributed by atoms with E-state index in [9.17, 15) is 4.79 Å². The summed E-state index contributed by atoms with van der Waals surface area (Å²) >= 11 is 0. The molecule has 0 aromatic rings. The average molecular weight is 252 g/mol. The van der Waals surface area contributed by atoms with Crippen molar-refractivity contribution in [3.8, 4) is 0 Å². The van der Waals surface area contributed by atoms with Gasteiger partial charge in [0.2, 0.25) is 11.6 Å². The Balaban J connectivity index is 1.24. The van der Waals surface area contributed by atoms with Crippen LogP contribution in [0.1, 0.15) is 51.4 Å². The predicted molar refractivity (Wildman–Crippen MR) is 62.5 cm³/mol. The summed E-state index contributed by atoms with van der Waals surface area (Å²) in [4.78, 5) is 11.9. The van der Waals surface area contributed by atoms with Crippen molar-refractivity contribution in [2.75, 3.05) is 6.61 Å². The van der Waals surface area contributed by atoms with Crippen LogP contribution < -0.4 is 0 Å². The van der Waals surface area contributed by atoms with Gasteiger partial charge in [-0.1, -0.05) is 19.3 Å². The van der Waals surface area contributed by atoms with Gasteiger partial charge in [0.1, 0.15) is 0 Å². The summed E-state index contributed by atoms with van der Waals surface area (Å²) in [6, 6.07) is 0. The van der Waals surface area contributed by atoms with Gasteiger partial charge in [0.25, 0.3) is 0 Å². The highest BCUT2D eigenvalue weighted by Crippen LogP contribution is 2.75. The first-order valence-electron chi connectivity index (χ1n) is 7.30. The molecule has 2 aliphatic heterocycles. The van der Waals surface area contributed by atoms with Crippen LogP contribution in [0.2, 0.25) is 0 Å². The van der Waals surface area contributed by atoms with Crippen molar-refractivity contribution in [2.24, 2.45) is 11.8 Å². The molecule has 0 amide bonds. The van der Waals surface area contributed by atoms with Gasteiger partial charge in [0.15, 0.2) is 0 Å². The van der Waals surface area contributed by atoms with E-state index in [-0.39, 0.29) is 23.5 Å². The van der Waals surface area contributed by atoms with Crippen LogP contribution in [-0.4, -0.2) is 24.2 Å². The van der Waals surface area contributed by atoms with E-state index in [0.717, 1.165) is 32.1 Å². The Morgan fingerprint density at radius 2 is 1.89 bits per heavy atom. The van der Waals surface area contributed by atoms with Crippen molar-refractivity contribution in [1.82, 2.24) is 0 Å². The minimum Gasteiger partial charge on any atom is -0.465 e. The van der Waals surface area contributed by atoms with E-state index in [0.29, 0.717) is 12.5 Å². The zero-order chi connectivity index (χ0) is 12.2. The van der Waals surface area contributed by atoms with Gasteiger partial charge in [-0.2, -0.15) is 0 Å². The summed E-state index contributed by atoms with van der Waals surface area (Å²) in [5.41, 5.74) is 0. The lowest BCUT2D eigenvalue weighted by atomic mass is 9.89. The predicted octanol–water partition coefficient (Wildman–Crippen LogP) is 2.36. The Morgan fingerprint density at radius 1 is 1.11 bits per heavy atom. The van der Waals surface area contributed by atoms with E-state index in [2.05, 4.69) is 0 Å². The molecule has 1 atom stereocenters. The van der Waals surface area contributed by atoms with Crippen LogP contribution in [0.25, 0.3) is 0 Å². The summed E-state index contributed by atoms with van der Waals surface area (Å²) in [5.74, 6) is 0.186. The normalized spacial score (nSPS) is 45.9. The molecule has 4 aliphatic rings. The highest BCUT2D eigenvalue weighted by atomic mass is 17.0. The molecule has 2 heterocycles. The number of esters is 1. The van der Waals surface area contributed by atoms with Gasteiger partial charge in [-0.05, 0) is 25.2 Å². The Hall–Kier alpha value is -0.610. The molecule has 2 saturated carbocycles. The standard InChI is InChI=1S/C14H20O4/c15-12(11-4-2-1-3-5-11)16-9-10-6-7-13-14(8-10,17-13)18-13/h10-11H,1-9H2. The third kappa shape index (κ3) is 1.62. The molecule has 4 rings (SSSR count). The van der Waals surface area contributed by atoms with Gasteiger partial charge in [-0.15, -0.1) is 0 Å². The first kappa shape index (κ1) is 11.2. The zero-order valence-corrected chi connectivity index (χ0v) is 10.7. The minimum absolute atomic E-state index is 0.0254. The fourth-order valence-electron chi connectivity index (χ4n) is 3.70. The highest BCUT2D eigenvalue weighted by molar-refractivity contribution is 5.72. The number of epoxide rings is 2. The fraction of sp³-hybridized carbons (Fsp3) is 0.929. The van der Waals surface area contributed by atoms with Crippen LogP contribution in [0.5, 0.6) is 0 Å². The molecular weight excluding hydrogens is 232 g/mol. The largest absolute Gasteiger partial charge is 0.465 e. The van der Waals surface area contributed by atoms with Crippen LogP contribution in [0.15, 0.2) is 0 Å². The van der Waals surface area contributed by atoms with Gasteiger partial charge in [0.05, 0.1) is 12.5 Å². The Morgan fingerprint density at radius 3 is 2.61 bits per heavy atom. The number of ether oxygens (including phenoxy) is 3. The van der Waals surface area contributed by atoms with Crippen LogP contribution >= 0.6 is 0 Å². The van der Waals surface area contributed by atoms with Gasteiger partial charge >= 0.3 is 5.97 Å². The van der Waals surface area contributed by atoms with Crippen molar-refractivity contribution in [3.63, 3.8) is 0 Å². The van der Waals surface area contributed by atoms with Gasteiger partial charge < -0.3 is 14.2 Å². The lowest BCUT2D eigenvalue weighted by Gasteiger charge is -2.22. The summed E-state index contributed by atoms with van der Waals surface area (Å²) in [5, 5.41) is 0. The molecule has 0 aromatic heterocycles. The zero-order valence-electron chi connectivity index (χ0n) is 10.7. The van der Waals surface area contributed by atoms with E-state index in [1.807, 2.05) is 0 Å². The Labute approximate surface area is 107 Å². The Bertz CT molecular complexity index is 366.